The van der Waals surface area contributed by atoms with Crippen LogP contribution in [-0.4, -0.2) is 73.0 Å². The van der Waals surface area contributed by atoms with Gasteiger partial charge in [0.2, 0.25) is 11.8 Å². The number of nitrogens with one attached hydrogen (secondary N) is 3. The van der Waals surface area contributed by atoms with Gasteiger partial charge >= 0.3 is 0 Å². The van der Waals surface area contributed by atoms with E-state index in [4.69, 9.17) is 9.57 Å². The van der Waals surface area contributed by atoms with E-state index >= 15 is 0 Å². The Labute approximate surface area is 180 Å². The molecule has 2 atom stereocenters. The average Bonchev–Trinajstić information content (AvgIpc) is 2.61. The first-order valence-corrected chi connectivity index (χ1v) is 11.3. The number of aliphatic hydroxyl groups is 1. The molecule has 0 fully saturated rings. The third-order valence-corrected chi connectivity index (χ3v) is 5.00. The Morgan fingerprint density at radius 3 is 2.31 bits per heavy atom. The second-order valence-corrected chi connectivity index (χ2v) is 10.1. The van der Waals surface area contributed by atoms with Crippen LogP contribution in [-0.2, 0) is 19.2 Å². The van der Waals surface area contributed by atoms with Gasteiger partial charge in [-0.3, -0.25) is 14.4 Å². The van der Waals surface area contributed by atoms with E-state index in [1.54, 1.807) is 25.6 Å². The van der Waals surface area contributed by atoms with E-state index in [1.165, 1.54) is 7.11 Å². The third-order valence-electron chi connectivity index (χ3n) is 3.99. The molecule has 0 aliphatic heterocycles. The first-order chi connectivity index (χ1) is 13.4. The van der Waals surface area contributed by atoms with Crippen LogP contribution in [0.3, 0.4) is 0 Å². The molecule has 0 radical (unpaired) electrons. The summed E-state index contributed by atoms with van der Waals surface area (Å²) in [5, 5.41) is 15.5. The number of hydroxylamine groups is 1. The number of hydrogen-bond donors (Lipinski definition) is 4. The van der Waals surface area contributed by atoms with Crippen molar-refractivity contribution >= 4 is 23.6 Å². The molecule has 0 aromatic carbocycles. The summed E-state index contributed by atoms with van der Waals surface area (Å²) >= 11 is 1.77. The van der Waals surface area contributed by atoms with Crippen molar-refractivity contribution in [1.82, 2.24) is 16.1 Å². The highest BCUT2D eigenvalue weighted by Crippen LogP contribution is 2.20. The van der Waals surface area contributed by atoms with Crippen molar-refractivity contribution in [2.24, 2.45) is 5.41 Å². The second kappa shape index (κ2) is 14.2. The van der Waals surface area contributed by atoms with Crippen LogP contribution in [0.2, 0.25) is 0 Å². The highest BCUT2D eigenvalue weighted by molar-refractivity contribution is 7.99. The van der Waals surface area contributed by atoms with Gasteiger partial charge in [-0.25, -0.2) is 0 Å². The summed E-state index contributed by atoms with van der Waals surface area (Å²) in [6.07, 6.45) is -0.0332. The smallest absolute Gasteiger partial charge is 0.249 e. The maximum absolute atomic E-state index is 12.0. The molecule has 0 aromatic heterocycles. The van der Waals surface area contributed by atoms with Gasteiger partial charge in [0.15, 0.2) is 0 Å². The monoisotopic (exact) mass is 435 g/mol. The molecule has 0 aliphatic rings. The van der Waals surface area contributed by atoms with E-state index in [0.29, 0.717) is 6.54 Å². The number of thioether (sulfide) groups is 1. The van der Waals surface area contributed by atoms with Gasteiger partial charge < -0.3 is 20.5 Å². The number of ether oxygens (including phenoxy) is 1. The molecule has 4 N–H and O–H groups in total. The lowest BCUT2D eigenvalue weighted by molar-refractivity contribution is -0.137. The van der Waals surface area contributed by atoms with Crippen molar-refractivity contribution in [2.45, 2.75) is 72.1 Å². The molecule has 0 heterocycles. The van der Waals surface area contributed by atoms with E-state index in [0.717, 1.165) is 17.9 Å². The van der Waals surface area contributed by atoms with E-state index < -0.39 is 17.4 Å². The number of amides is 2. The van der Waals surface area contributed by atoms with Gasteiger partial charge in [0.05, 0.1) is 12.2 Å². The van der Waals surface area contributed by atoms with Crippen LogP contribution in [0.5, 0.6) is 0 Å². The molecule has 8 nitrogen and oxygen atoms in total. The van der Waals surface area contributed by atoms with Gasteiger partial charge in [0, 0.05) is 43.8 Å². The molecule has 9 heteroatoms. The number of aliphatic hydroxyl groups excluding tert-OH is 1. The third kappa shape index (κ3) is 14.7. The molecule has 0 saturated carbocycles. The van der Waals surface area contributed by atoms with Crippen LogP contribution in [0.4, 0.5) is 0 Å². The minimum absolute atomic E-state index is 0.120. The zero-order chi connectivity index (χ0) is 22.5. The van der Waals surface area contributed by atoms with E-state index in [-0.39, 0.29) is 37.1 Å². The van der Waals surface area contributed by atoms with Crippen molar-refractivity contribution < 1.29 is 24.3 Å². The summed E-state index contributed by atoms with van der Waals surface area (Å²) in [5.74, 6) is 1.19. The normalized spacial score (nSPS) is 14.3. The Hall–Kier alpha value is -0.870. The predicted molar refractivity (Wildman–Crippen MR) is 118 cm³/mol. The minimum atomic E-state index is -1.19. The maximum atomic E-state index is 12.0. The molecule has 0 saturated heterocycles. The number of rotatable bonds is 15. The summed E-state index contributed by atoms with van der Waals surface area (Å²) in [5.41, 5.74) is 2.15. The molecule has 29 heavy (non-hydrogen) atoms. The predicted octanol–water partition coefficient (Wildman–Crippen LogP) is 1.47. The molecule has 0 aliphatic carbocycles. The number of carbonyl (C=O) groups is 2. The largest absolute Gasteiger partial charge is 0.384 e. The van der Waals surface area contributed by atoms with Crippen molar-refractivity contribution in [3.05, 3.63) is 0 Å². The first-order valence-electron chi connectivity index (χ1n) is 10.1. The van der Waals surface area contributed by atoms with E-state index in [2.05, 4.69) is 23.0 Å². The maximum Gasteiger partial charge on any atom is 0.249 e. The summed E-state index contributed by atoms with van der Waals surface area (Å²) < 4.78 is 5.02. The number of methoxy groups -OCH3 is 1. The second-order valence-electron chi connectivity index (χ2n) is 8.85. The average molecular weight is 436 g/mol. The van der Waals surface area contributed by atoms with Crippen LogP contribution in [0.1, 0.15) is 54.4 Å². The van der Waals surface area contributed by atoms with Crippen molar-refractivity contribution in [3.63, 3.8) is 0 Å². The zero-order valence-corrected chi connectivity index (χ0v) is 19.9. The lowest BCUT2D eigenvalue weighted by Gasteiger charge is -2.28. The molecule has 172 valence electrons. The van der Waals surface area contributed by atoms with Crippen molar-refractivity contribution in [3.8, 4) is 0 Å². The van der Waals surface area contributed by atoms with Crippen LogP contribution in [0, 0.1) is 5.41 Å². The Morgan fingerprint density at radius 1 is 1.07 bits per heavy atom. The Bertz CT molecular complexity index is 483. The summed E-state index contributed by atoms with van der Waals surface area (Å²) in [7, 11) is 1.52. The summed E-state index contributed by atoms with van der Waals surface area (Å²) in [4.78, 5) is 29.3. The van der Waals surface area contributed by atoms with Crippen molar-refractivity contribution in [1.29, 1.82) is 0 Å². The fraction of sp³-hybridized carbons (Fsp3) is 0.900. The Kier molecular flexibility index (Phi) is 13.8. The standard InChI is InChI=1S/C20H41N3O5S/c1-15(23-28-19(2,3)4)9-12-29-13-11-21-16(24)8-10-22-18(26)17(25)20(5,6)14-27-7/h15,17,23,25H,8-14H2,1-7H3,(H,21,24)(H,22,26). The molecular formula is C20H41N3O5S. The fourth-order valence-corrected chi connectivity index (χ4v) is 3.22. The topological polar surface area (TPSA) is 109 Å². The SMILES string of the molecule is COCC(C)(C)C(O)C(=O)NCCC(=O)NCCSCCC(C)NOC(C)(C)C. The number of hydrogen-bond acceptors (Lipinski definition) is 7. The molecule has 2 amide bonds. The molecule has 0 rings (SSSR count). The zero-order valence-electron chi connectivity index (χ0n) is 19.1. The van der Waals surface area contributed by atoms with Crippen LogP contribution < -0.4 is 16.1 Å². The van der Waals surface area contributed by atoms with Gasteiger partial charge in [-0.1, -0.05) is 13.8 Å². The minimum Gasteiger partial charge on any atom is -0.384 e. The molecular weight excluding hydrogens is 394 g/mol. The first kappa shape index (κ1) is 28.1. The Balaban J connectivity index is 3.77. The highest BCUT2D eigenvalue weighted by atomic mass is 32.2. The van der Waals surface area contributed by atoms with E-state index in [1.807, 2.05) is 20.8 Å². The molecule has 2 unspecified atom stereocenters. The fourth-order valence-electron chi connectivity index (χ4n) is 2.25. The van der Waals surface area contributed by atoms with Crippen LogP contribution in [0.15, 0.2) is 0 Å². The van der Waals surface area contributed by atoms with Gasteiger partial charge in [-0.05, 0) is 39.9 Å². The van der Waals surface area contributed by atoms with Crippen LogP contribution in [0.25, 0.3) is 0 Å². The quantitative estimate of drug-likeness (QED) is 0.228. The molecule has 0 aromatic rings. The van der Waals surface area contributed by atoms with Crippen LogP contribution >= 0.6 is 11.8 Å². The van der Waals surface area contributed by atoms with Gasteiger partial charge in [-0.2, -0.15) is 17.2 Å². The molecule has 0 spiro atoms. The van der Waals surface area contributed by atoms with E-state index in [9.17, 15) is 14.7 Å². The summed E-state index contributed by atoms with van der Waals surface area (Å²) in [6.45, 7) is 12.6. The van der Waals surface area contributed by atoms with Gasteiger partial charge in [-0.15, -0.1) is 0 Å². The molecule has 0 bridgehead atoms. The number of carbonyl (C=O) groups excluding carboxylic acids is 2. The van der Waals surface area contributed by atoms with Gasteiger partial charge in [0.1, 0.15) is 6.10 Å². The summed E-state index contributed by atoms with van der Waals surface area (Å²) in [6, 6.07) is 0.268. The Morgan fingerprint density at radius 2 is 1.72 bits per heavy atom. The van der Waals surface area contributed by atoms with Crippen molar-refractivity contribution in [2.75, 3.05) is 38.3 Å². The highest BCUT2D eigenvalue weighted by Gasteiger charge is 2.33. The lowest BCUT2D eigenvalue weighted by atomic mass is 9.87. The van der Waals surface area contributed by atoms with Gasteiger partial charge in [0.25, 0.3) is 0 Å². The lowest BCUT2D eigenvalue weighted by Crippen LogP contribution is -2.46.